The molecule has 0 aliphatic heterocycles. The van der Waals surface area contributed by atoms with E-state index in [4.69, 9.17) is 0 Å². The molecular formula is C26H18Br2. The van der Waals surface area contributed by atoms with E-state index in [0.29, 0.717) is 0 Å². The highest BCUT2D eigenvalue weighted by Gasteiger charge is 2.16. The predicted molar refractivity (Wildman–Crippen MR) is 126 cm³/mol. The molecule has 0 aromatic heterocycles. The number of rotatable bonds is 4. The topological polar surface area (TPSA) is 0 Å². The minimum Gasteiger partial charge on any atom is -0.0622 e. The highest BCUT2D eigenvalue weighted by atomic mass is 79.9. The molecule has 4 aromatic carbocycles. The molecule has 0 spiro atoms. The minimum atomic E-state index is 1.08. The van der Waals surface area contributed by atoms with Gasteiger partial charge in [-0.15, -0.1) is 0 Å². The maximum atomic E-state index is 3.56. The van der Waals surface area contributed by atoms with Crippen LogP contribution in [-0.2, 0) is 0 Å². The van der Waals surface area contributed by atoms with Crippen LogP contribution >= 0.6 is 31.9 Å². The highest BCUT2D eigenvalue weighted by molar-refractivity contribution is 9.10. The first-order chi connectivity index (χ1) is 13.7. The Labute approximate surface area is 182 Å². The Morgan fingerprint density at radius 2 is 0.643 bits per heavy atom. The SMILES string of the molecule is Brc1ccc(/C(=C(/c2ccccc2)c2ccc(Br)cc2)c2ccccc2)cc1. The van der Waals surface area contributed by atoms with Gasteiger partial charge >= 0.3 is 0 Å². The van der Waals surface area contributed by atoms with Crippen LogP contribution in [0.25, 0.3) is 11.1 Å². The second kappa shape index (κ2) is 8.72. The molecule has 0 amide bonds. The summed E-state index contributed by atoms with van der Waals surface area (Å²) in [5.41, 5.74) is 7.23. The zero-order valence-electron chi connectivity index (χ0n) is 15.1. The average Bonchev–Trinajstić information content (AvgIpc) is 2.75. The van der Waals surface area contributed by atoms with Gasteiger partial charge in [-0.3, -0.25) is 0 Å². The summed E-state index contributed by atoms with van der Waals surface area (Å²) >= 11 is 7.13. The van der Waals surface area contributed by atoms with Crippen molar-refractivity contribution in [2.45, 2.75) is 0 Å². The van der Waals surface area contributed by atoms with Gasteiger partial charge in [0.2, 0.25) is 0 Å². The van der Waals surface area contributed by atoms with E-state index in [0.717, 1.165) is 8.95 Å². The molecule has 4 aromatic rings. The molecular weight excluding hydrogens is 472 g/mol. The fourth-order valence-electron chi connectivity index (χ4n) is 3.35. The van der Waals surface area contributed by atoms with E-state index in [2.05, 4.69) is 141 Å². The smallest absolute Gasteiger partial charge is 0.0175 e. The largest absolute Gasteiger partial charge is 0.0622 e. The van der Waals surface area contributed by atoms with Crippen LogP contribution in [0, 0.1) is 0 Å². The Kier molecular flexibility index (Phi) is 5.90. The van der Waals surface area contributed by atoms with Crippen LogP contribution in [-0.4, -0.2) is 0 Å². The van der Waals surface area contributed by atoms with Crippen LogP contribution in [0.3, 0.4) is 0 Å². The van der Waals surface area contributed by atoms with E-state index in [9.17, 15) is 0 Å². The lowest BCUT2D eigenvalue weighted by Gasteiger charge is -2.18. The molecule has 136 valence electrons. The van der Waals surface area contributed by atoms with Gasteiger partial charge in [0.25, 0.3) is 0 Å². The van der Waals surface area contributed by atoms with Gasteiger partial charge in [-0.2, -0.15) is 0 Å². The zero-order chi connectivity index (χ0) is 19.3. The summed E-state index contributed by atoms with van der Waals surface area (Å²) in [5.74, 6) is 0. The van der Waals surface area contributed by atoms with Crippen molar-refractivity contribution in [2.24, 2.45) is 0 Å². The fourth-order valence-corrected chi connectivity index (χ4v) is 3.88. The average molecular weight is 490 g/mol. The third-order valence-corrected chi connectivity index (χ3v) is 5.70. The number of hydrogen-bond donors (Lipinski definition) is 0. The molecule has 2 heteroatoms. The quantitative estimate of drug-likeness (QED) is 0.253. The van der Waals surface area contributed by atoms with Crippen LogP contribution in [0.1, 0.15) is 22.3 Å². The van der Waals surface area contributed by atoms with E-state index >= 15 is 0 Å². The summed E-state index contributed by atoms with van der Waals surface area (Å²) in [4.78, 5) is 0. The second-order valence-electron chi connectivity index (χ2n) is 6.50. The number of halogens is 2. The number of benzene rings is 4. The molecule has 0 bridgehead atoms. The van der Waals surface area contributed by atoms with Gasteiger partial charge in [0.05, 0.1) is 0 Å². The van der Waals surface area contributed by atoms with Gasteiger partial charge in [-0.1, -0.05) is 117 Å². The fraction of sp³-hybridized carbons (Fsp3) is 0. The summed E-state index contributed by atoms with van der Waals surface area (Å²) in [5, 5.41) is 0. The standard InChI is InChI=1S/C26H18Br2/c27-23-15-11-21(12-16-23)25(19-7-3-1-4-8-19)26(20-9-5-2-6-10-20)22-13-17-24(28)18-14-22/h1-18H/b26-25-. The van der Waals surface area contributed by atoms with Crippen LogP contribution in [0.2, 0.25) is 0 Å². The van der Waals surface area contributed by atoms with Gasteiger partial charge in [0, 0.05) is 8.95 Å². The summed E-state index contributed by atoms with van der Waals surface area (Å²) in [6.07, 6.45) is 0. The van der Waals surface area contributed by atoms with E-state index in [1.807, 2.05) is 0 Å². The van der Waals surface area contributed by atoms with Crippen molar-refractivity contribution in [1.82, 2.24) is 0 Å². The molecule has 0 radical (unpaired) electrons. The molecule has 0 fully saturated rings. The van der Waals surface area contributed by atoms with Crippen molar-refractivity contribution in [3.63, 3.8) is 0 Å². The normalized spacial score (nSPS) is 11.8. The van der Waals surface area contributed by atoms with Crippen molar-refractivity contribution in [2.75, 3.05) is 0 Å². The molecule has 0 nitrogen and oxygen atoms in total. The molecule has 0 N–H and O–H groups in total. The van der Waals surface area contributed by atoms with E-state index in [-0.39, 0.29) is 0 Å². The van der Waals surface area contributed by atoms with E-state index in [1.165, 1.54) is 33.4 Å². The molecule has 0 unspecified atom stereocenters. The molecule has 4 rings (SSSR count). The van der Waals surface area contributed by atoms with Crippen LogP contribution in [0.4, 0.5) is 0 Å². The summed E-state index contributed by atoms with van der Waals surface area (Å²) < 4.78 is 2.15. The van der Waals surface area contributed by atoms with Crippen LogP contribution < -0.4 is 0 Å². The first-order valence-corrected chi connectivity index (χ1v) is 10.7. The van der Waals surface area contributed by atoms with Crippen molar-refractivity contribution >= 4 is 43.0 Å². The van der Waals surface area contributed by atoms with Crippen molar-refractivity contribution < 1.29 is 0 Å². The molecule has 0 atom stereocenters. The summed E-state index contributed by atoms with van der Waals surface area (Å²) in [7, 11) is 0. The van der Waals surface area contributed by atoms with Gasteiger partial charge in [-0.25, -0.2) is 0 Å². The maximum absolute atomic E-state index is 3.56. The Hall–Kier alpha value is -2.42. The first-order valence-electron chi connectivity index (χ1n) is 9.09. The Bertz CT molecular complexity index is 988. The van der Waals surface area contributed by atoms with Crippen LogP contribution in [0.5, 0.6) is 0 Å². The van der Waals surface area contributed by atoms with Crippen molar-refractivity contribution in [3.8, 4) is 0 Å². The molecule has 28 heavy (non-hydrogen) atoms. The Morgan fingerprint density at radius 3 is 0.964 bits per heavy atom. The van der Waals surface area contributed by atoms with Gasteiger partial charge in [-0.05, 0) is 57.7 Å². The highest BCUT2D eigenvalue weighted by Crippen LogP contribution is 2.37. The molecule has 0 heterocycles. The molecule has 0 aliphatic carbocycles. The minimum absolute atomic E-state index is 1.08. The molecule has 0 saturated carbocycles. The third-order valence-electron chi connectivity index (χ3n) is 4.64. The van der Waals surface area contributed by atoms with E-state index in [1.54, 1.807) is 0 Å². The molecule has 0 saturated heterocycles. The number of hydrogen-bond acceptors (Lipinski definition) is 0. The lowest BCUT2D eigenvalue weighted by Crippen LogP contribution is -1.97. The van der Waals surface area contributed by atoms with Crippen molar-refractivity contribution in [1.29, 1.82) is 0 Å². The summed E-state index contributed by atoms with van der Waals surface area (Å²) in [6.45, 7) is 0. The monoisotopic (exact) mass is 488 g/mol. The zero-order valence-corrected chi connectivity index (χ0v) is 18.3. The van der Waals surface area contributed by atoms with Gasteiger partial charge < -0.3 is 0 Å². The third kappa shape index (κ3) is 4.19. The Morgan fingerprint density at radius 1 is 0.357 bits per heavy atom. The Balaban J connectivity index is 2.08. The first kappa shape index (κ1) is 18.9. The predicted octanol–water partition coefficient (Wildman–Crippen LogP) is 8.22. The van der Waals surface area contributed by atoms with E-state index < -0.39 is 0 Å². The maximum Gasteiger partial charge on any atom is 0.0175 e. The lowest BCUT2D eigenvalue weighted by molar-refractivity contribution is 1.49. The van der Waals surface area contributed by atoms with Gasteiger partial charge in [0.15, 0.2) is 0 Å². The lowest BCUT2D eigenvalue weighted by atomic mass is 9.86. The molecule has 0 aliphatic rings. The van der Waals surface area contributed by atoms with Gasteiger partial charge in [0.1, 0.15) is 0 Å². The van der Waals surface area contributed by atoms with Crippen LogP contribution in [0.15, 0.2) is 118 Å². The summed E-state index contributed by atoms with van der Waals surface area (Å²) in [6, 6.07) is 38.3. The second-order valence-corrected chi connectivity index (χ2v) is 8.33. The van der Waals surface area contributed by atoms with Crippen molar-refractivity contribution in [3.05, 3.63) is 140 Å².